The highest BCUT2D eigenvalue weighted by molar-refractivity contribution is 8.07. The number of rotatable bonds is 3. The van der Waals surface area contributed by atoms with Gasteiger partial charge in [0.25, 0.3) is 0 Å². The summed E-state index contributed by atoms with van der Waals surface area (Å²) >= 11 is 5.33. The Hall–Kier alpha value is -0.580. The Bertz CT molecular complexity index is 599. The quantitative estimate of drug-likeness (QED) is 0.571. The fraction of sp³-hybridized carbons (Fsp3) is 0.769. The number of nitrogens with zero attached hydrogens (tertiary/aromatic N) is 1. The molecular formula is C13H21N2O7PS. The van der Waals surface area contributed by atoms with Crippen molar-refractivity contribution in [3.05, 3.63) is 12.3 Å². The average Bonchev–Trinajstić information content (AvgIpc) is 2.69. The van der Waals surface area contributed by atoms with Crippen LogP contribution >= 0.6 is 6.72 Å². The first-order valence-corrected chi connectivity index (χ1v) is 10.1. The highest BCUT2D eigenvalue weighted by Gasteiger charge is 2.60. The highest BCUT2D eigenvalue weighted by atomic mass is 32.5. The monoisotopic (exact) mass is 380 g/mol. The first-order chi connectivity index (χ1) is 11.1. The summed E-state index contributed by atoms with van der Waals surface area (Å²) in [6.07, 6.45) is -1.22. The third kappa shape index (κ3) is 3.25. The van der Waals surface area contributed by atoms with Crippen molar-refractivity contribution in [1.82, 2.24) is 10.2 Å². The molecule has 2 fully saturated rings. The molecule has 0 aliphatic carbocycles. The Kier molecular flexibility index (Phi) is 4.78. The Morgan fingerprint density at radius 2 is 2.29 bits per heavy atom. The number of aliphatic hydroxyl groups excluding tert-OH is 1. The molecule has 0 saturated carbocycles. The van der Waals surface area contributed by atoms with Crippen molar-refractivity contribution in [2.75, 3.05) is 6.61 Å². The molecule has 0 bridgehead atoms. The fourth-order valence-electron chi connectivity index (χ4n) is 2.90. The Morgan fingerprint density at radius 3 is 2.92 bits per heavy atom. The second-order valence-corrected chi connectivity index (χ2v) is 9.24. The van der Waals surface area contributed by atoms with E-state index in [1.165, 1.54) is 24.1 Å². The van der Waals surface area contributed by atoms with Gasteiger partial charge in [0.2, 0.25) is 12.3 Å². The van der Waals surface area contributed by atoms with Gasteiger partial charge in [0, 0.05) is 12.3 Å². The number of nitrogens with one attached hydrogen (secondary N) is 1. The van der Waals surface area contributed by atoms with Crippen molar-refractivity contribution in [3.63, 3.8) is 0 Å². The molecule has 11 heteroatoms. The Labute approximate surface area is 144 Å². The predicted octanol–water partition coefficient (Wildman–Crippen LogP) is -0.251. The van der Waals surface area contributed by atoms with Gasteiger partial charge < -0.3 is 34.2 Å². The van der Waals surface area contributed by atoms with Gasteiger partial charge in [-0.2, -0.15) is 0 Å². The maximum absolute atomic E-state index is 11.3. The molecule has 6 atom stereocenters. The van der Waals surface area contributed by atoms with Gasteiger partial charge in [0.1, 0.15) is 17.8 Å². The van der Waals surface area contributed by atoms with E-state index in [-0.39, 0.29) is 12.7 Å². The van der Waals surface area contributed by atoms with Crippen LogP contribution in [-0.4, -0.2) is 64.1 Å². The molecule has 2 saturated heterocycles. The smallest absolute Gasteiger partial charge is 0.327 e. The van der Waals surface area contributed by atoms with Gasteiger partial charge in [-0.15, -0.1) is 0 Å². The standard InChI is InChI=1S/C13H21N2O7PS/c1-7(2)21-23(24)19-6-8-10(22-23)13(3,18)11(20-8)15-5-4-9(16)14-12(15)17/h4-5,7-8,10-12,17-18H,6H2,1-3H3,(H,14,16)/t8-,10-,11-,12?,13-,23?/m1/s1. The van der Waals surface area contributed by atoms with Gasteiger partial charge in [0.05, 0.1) is 12.7 Å². The van der Waals surface area contributed by atoms with Gasteiger partial charge in [-0.1, -0.05) is 0 Å². The third-order valence-corrected chi connectivity index (χ3v) is 6.38. The van der Waals surface area contributed by atoms with Crippen LogP contribution in [0.1, 0.15) is 20.8 Å². The van der Waals surface area contributed by atoms with Crippen molar-refractivity contribution in [1.29, 1.82) is 0 Å². The second kappa shape index (κ2) is 6.30. The number of hydrogen-bond donors (Lipinski definition) is 3. The van der Waals surface area contributed by atoms with Gasteiger partial charge in [-0.3, -0.25) is 9.32 Å². The molecule has 3 heterocycles. The Morgan fingerprint density at radius 1 is 1.58 bits per heavy atom. The van der Waals surface area contributed by atoms with E-state index in [1.54, 1.807) is 0 Å². The maximum Gasteiger partial charge on any atom is 0.327 e. The van der Waals surface area contributed by atoms with E-state index >= 15 is 0 Å². The maximum atomic E-state index is 11.3. The first-order valence-electron chi connectivity index (χ1n) is 7.56. The zero-order chi connectivity index (χ0) is 17.7. The molecule has 24 heavy (non-hydrogen) atoms. The molecule has 3 rings (SSSR count). The predicted molar refractivity (Wildman–Crippen MR) is 85.7 cm³/mol. The average molecular weight is 380 g/mol. The van der Waals surface area contributed by atoms with Crippen LogP contribution in [-0.2, 0) is 34.9 Å². The summed E-state index contributed by atoms with van der Waals surface area (Å²) in [6, 6.07) is 0. The van der Waals surface area contributed by atoms with E-state index in [2.05, 4.69) is 5.32 Å². The lowest BCUT2D eigenvalue weighted by molar-refractivity contribution is -0.171. The summed E-state index contributed by atoms with van der Waals surface area (Å²) in [4.78, 5) is 12.6. The van der Waals surface area contributed by atoms with E-state index in [0.29, 0.717) is 0 Å². The van der Waals surface area contributed by atoms with E-state index in [1.807, 2.05) is 13.8 Å². The van der Waals surface area contributed by atoms with Gasteiger partial charge >= 0.3 is 6.72 Å². The molecular weight excluding hydrogens is 359 g/mol. The van der Waals surface area contributed by atoms with Crippen molar-refractivity contribution >= 4 is 24.4 Å². The van der Waals surface area contributed by atoms with Gasteiger partial charge in [-0.05, 0) is 32.6 Å². The minimum absolute atomic E-state index is 0.112. The van der Waals surface area contributed by atoms with Crippen LogP contribution in [0, 0.1) is 0 Å². The number of carbonyl (C=O) groups excluding carboxylic acids is 1. The molecule has 3 N–H and O–H groups in total. The third-order valence-electron chi connectivity index (χ3n) is 3.92. The molecule has 0 aromatic rings. The fourth-order valence-corrected chi connectivity index (χ4v) is 5.53. The van der Waals surface area contributed by atoms with Crippen molar-refractivity contribution in [2.45, 2.75) is 57.3 Å². The summed E-state index contributed by atoms with van der Waals surface area (Å²) in [5.41, 5.74) is -1.51. The lowest BCUT2D eigenvalue weighted by Gasteiger charge is -2.40. The van der Waals surface area contributed by atoms with Crippen molar-refractivity contribution in [3.8, 4) is 0 Å². The molecule has 0 aromatic heterocycles. The van der Waals surface area contributed by atoms with Crippen LogP contribution in [0.4, 0.5) is 0 Å². The summed E-state index contributed by atoms with van der Waals surface area (Å²) in [5.74, 6) is -0.436. The van der Waals surface area contributed by atoms with Crippen LogP contribution in [0.3, 0.4) is 0 Å². The molecule has 1 amide bonds. The number of ether oxygens (including phenoxy) is 1. The number of amides is 1. The largest absolute Gasteiger partial charge is 0.383 e. The van der Waals surface area contributed by atoms with Crippen LogP contribution in [0.25, 0.3) is 0 Å². The molecule has 3 aliphatic heterocycles. The van der Waals surface area contributed by atoms with E-state index < -0.39 is 43.0 Å². The molecule has 2 unspecified atom stereocenters. The second-order valence-electron chi connectivity index (χ2n) is 6.32. The molecule has 0 radical (unpaired) electrons. The van der Waals surface area contributed by atoms with Crippen LogP contribution < -0.4 is 5.32 Å². The minimum atomic E-state index is -2.99. The normalized spacial score (nSPS) is 45.4. The number of fused-ring (bicyclic) bond motifs is 1. The molecule has 0 aromatic carbocycles. The van der Waals surface area contributed by atoms with E-state index in [0.717, 1.165) is 0 Å². The molecule has 9 nitrogen and oxygen atoms in total. The molecule has 3 aliphatic rings. The van der Waals surface area contributed by atoms with Crippen LogP contribution in [0.2, 0.25) is 0 Å². The number of aliphatic hydroxyl groups is 2. The van der Waals surface area contributed by atoms with E-state index in [4.69, 9.17) is 30.1 Å². The van der Waals surface area contributed by atoms with Crippen LogP contribution in [0.15, 0.2) is 12.3 Å². The zero-order valence-electron chi connectivity index (χ0n) is 13.5. The Balaban J connectivity index is 1.81. The minimum Gasteiger partial charge on any atom is -0.383 e. The first kappa shape index (κ1) is 18.2. The number of carbonyl (C=O) groups is 1. The van der Waals surface area contributed by atoms with Gasteiger partial charge in [0.15, 0.2) is 6.23 Å². The summed E-state index contributed by atoms with van der Waals surface area (Å²) in [7, 11) is 0. The lowest BCUT2D eigenvalue weighted by Crippen LogP contribution is -2.59. The topological polar surface area (TPSA) is 110 Å². The van der Waals surface area contributed by atoms with Crippen LogP contribution in [0.5, 0.6) is 0 Å². The molecule has 136 valence electrons. The number of hydrogen-bond acceptors (Lipinski definition) is 9. The summed E-state index contributed by atoms with van der Waals surface area (Å²) in [5, 5.41) is 23.3. The van der Waals surface area contributed by atoms with E-state index in [9.17, 15) is 15.0 Å². The lowest BCUT2D eigenvalue weighted by atomic mass is 9.96. The summed E-state index contributed by atoms with van der Waals surface area (Å²) in [6.45, 7) is 2.29. The van der Waals surface area contributed by atoms with Gasteiger partial charge in [-0.25, -0.2) is 0 Å². The highest BCUT2D eigenvalue weighted by Crippen LogP contribution is 2.58. The van der Waals surface area contributed by atoms with Crippen molar-refractivity contribution in [2.24, 2.45) is 0 Å². The van der Waals surface area contributed by atoms with Crippen molar-refractivity contribution < 1.29 is 33.3 Å². The summed E-state index contributed by atoms with van der Waals surface area (Å²) < 4.78 is 22.7. The SMILES string of the molecule is CC(C)OP1(=S)OC[C@H]2O[C@@H](N3C=CC(=O)NC3O)[C@](C)(O)[C@@H]2O1. The zero-order valence-corrected chi connectivity index (χ0v) is 15.2. The molecule has 0 spiro atoms.